The van der Waals surface area contributed by atoms with Crippen LogP contribution in [0.4, 0.5) is 13.6 Å². The van der Waals surface area contributed by atoms with E-state index in [1.165, 1.54) is 18.4 Å². The van der Waals surface area contributed by atoms with Gasteiger partial charge in [0.2, 0.25) is 0 Å². The molecule has 3 rings (SSSR count). The van der Waals surface area contributed by atoms with Gasteiger partial charge in [-0.1, -0.05) is 6.07 Å². The summed E-state index contributed by atoms with van der Waals surface area (Å²) in [6.07, 6.45) is 3.08. The Kier molecular flexibility index (Phi) is 6.28. The number of piperidine rings is 1. The van der Waals surface area contributed by atoms with Crippen LogP contribution >= 0.6 is 0 Å². The van der Waals surface area contributed by atoms with E-state index in [2.05, 4.69) is 10.6 Å². The first-order chi connectivity index (χ1) is 13.4. The van der Waals surface area contributed by atoms with Gasteiger partial charge in [-0.2, -0.15) is 0 Å². The third-order valence-electron chi connectivity index (χ3n) is 4.91. The predicted octanol–water partition coefficient (Wildman–Crippen LogP) is 3.01. The van der Waals surface area contributed by atoms with Gasteiger partial charge in [0, 0.05) is 31.7 Å². The number of amides is 3. The van der Waals surface area contributed by atoms with Crippen molar-refractivity contribution in [3.63, 3.8) is 0 Å². The van der Waals surface area contributed by atoms with E-state index < -0.39 is 11.6 Å². The number of urea groups is 1. The lowest BCUT2D eigenvalue weighted by Crippen LogP contribution is -2.49. The highest BCUT2D eigenvalue weighted by Gasteiger charge is 2.24. The lowest BCUT2D eigenvalue weighted by Gasteiger charge is -2.32. The van der Waals surface area contributed by atoms with Crippen molar-refractivity contribution in [3.05, 3.63) is 59.1 Å². The molecule has 0 bridgehead atoms. The van der Waals surface area contributed by atoms with Crippen LogP contribution in [0.1, 0.15) is 34.5 Å². The zero-order valence-corrected chi connectivity index (χ0v) is 15.6. The molecule has 1 aromatic heterocycles. The van der Waals surface area contributed by atoms with Crippen LogP contribution in [0.2, 0.25) is 0 Å². The van der Waals surface area contributed by atoms with Gasteiger partial charge in [-0.25, -0.2) is 13.6 Å². The van der Waals surface area contributed by atoms with Gasteiger partial charge in [0.25, 0.3) is 5.91 Å². The van der Waals surface area contributed by atoms with Crippen molar-refractivity contribution >= 4 is 11.9 Å². The molecule has 2 aromatic rings. The van der Waals surface area contributed by atoms with Gasteiger partial charge in [-0.3, -0.25) is 4.79 Å². The highest BCUT2D eigenvalue weighted by atomic mass is 19.1. The number of carbonyl (C=O) groups is 2. The summed E-state index contributed by atoms with van der Waals surface area (Å²) in [7, 11) is 0. The van der Waals surface area contributed by atoms with Crippen LogP contribution in [0.25, 0.3) is 0 Å². The normalized spacial score (nSPS) is 14.8. The topological polar surface area (TPSA) is 74.6 Å². The summed E-state index contributed by atoms with van der Waals surface area (Å²) in [4.78, 5) is 26.1. The number of furan rings is 1. The highest BCUT2D eigenvalue weighted by Crippen LogP contribution is 2.14. The number of aryl methyl sites for hydroxylation is 1. The van der Waals surface area contributed by atoms with Gasteiger partial charge >= 0.3 is 6.03 Å². The van der Waals surface area contributed by atoms with E-state index in [4.69, 9.17) is 4.42 Å². The monoisotopic (exact) mass is 391 g/mol. The second-order valence-corrected chi connectivity index (χ2v) is 6.84. The molecule has 0 saturated carbocycles. The fraction of sp³-hybridized carbons (Fsp3) is 0.400. The quantitative estimate of drug-likeness (QED) is 0.823. The Balaban J connectivity index is 1.40. The number of benzene rings is 1. The predicted molar refractivity (Wildman–Crippen MR) is 99.0 cm³/mol. The maximum atomic E-state index is 13.6. The van der Waals surface area contributed by atoms with Gasteiger partial charge in [0.05, 0.1) is 11.8 Å². The summed E-state index contributed by atoms with van der Waals surface area (Å²) >= 11 is 0. The number of likely N-dealkylation sites (tertiary alicyclic amines) is 1. The van der Waals surface area contributed by atoms with E-state index in [0.29, 0.717) is 42.8 Å². The van der Waals surface area contributed by atoms with Crippen LogP contribution < -0.4 is 10.6 Å². The smallest absolute Gasteiger partial charge is 0.317 e. The molecule has 0 spiro atoms. The minimum absolute atomic E-state index is 0.000777. The first-order valence-corrected chi connectivity index (χ1v) is 9.25. The second kappa shape index (κ2) is 8.86. The van der Waals surface area contributed by atoms with E-state index in [1.807, 2.05) is 0 Å². The number of rotatable bonds is 5. The SMILES string of the molecule is Cc1occc1C(=O)NC1CCN(C(=O)NCCc2ccc(F)cc2F)CC1. The first kappa shape index (κ1) is 19.9. The van der Waals surface area contributed by atoms with Crippen LogP contribution in [0, 0.1) is 18.6 Å². The molecule has 6 nitrogen and oxygen atoms in total. The van der Waals surface area contributed by atoms with Crippen molar-refractivity contribution in [1.29, 1.82) is 0 Å². The van der Waals surface area contributed by atoms with Gasteiger partial charge < -0.3 is 20.0 Å². The summed E-state index contributed by atoms with van der Waals surface area (Å²) in [5.74, 6) is -0.829. The number of halogens is 2. The number of nitrogens with one attached hydrogen (secondary N) is 2. The summed E-state index contributed by atoms with van der Waals surface area (Å²) in [5.41, 5.74) is 0.880. The molecule has 3 amide bonds. The number of hydrogen-bond donors (Lipinski definition) is 2. The highest BCUT2D eigenvalue weighted by molar-refractivity contribution is 5.95. The largest absolute Gasteiger partial charge is 0.469 e. The molecule has 2 N–H and O–H groups in total. The molecule has 150 valence electrons. The average molecular weight is 391 g/mol. The summed E-state index contributed by atoms with van der Waals surface area (Å²) in [6.45, 7) is 3.04. The Bertz CT molecular complexity index is 845. The fourth-order valence-electron chi connectivity index (χ4n) is 3.25. The van der Waals surface area contributed by atoms with Crippen LogP contribution in [0.15, 0.2) is 34.9 Å². The van der Waals surface area contributed by atoms with E-state index in [-0.39, 0.29) is 30.9 Å². The molecule has 1 aliphatic rings. The zero-order chi connectivity index (χ0) is 20.1. The minimum Gasteiger partial charge on any atom is -0.469 e. The maximum absolute atomic E-state index is 13.6. The van der Waals surface area contributed by atoms with Gasteiger partial charge in [0.1, 0.15) is 17.4 Å². The number of hydrogen-bond acceptors (Lipinski definition) is 3. The fourth-order valence-corrected chi connectivity index (χ4v) is 3.25. The molecule has 1 fully saturated rings. The lowest BCUT2D eigenvalue weighted by atomic mass is 10.0. The Morgan fingerprint density at radius 2 is 1.96 bits per heavy atom. The van der Waals surface area contributed by atoms with Gasteiger partial charge in [0.15, 0.2) is 0 Å². The summed E-state index contributed by atoms with van der Waals surface area (Å²) < 4.78 is 31.6. The standard InChI is InChI=1S/C20H23F2N3O3/c1-13-17(7-11-28-13)19(26)24-16-5-9-25(10-6-16)20(27)23-8-4-14-2-3-15(21)12-18(14)22/h2-3,7,11-12,16H,4-6,8-10H2,1H3,(H,23,27)(H,24,26). The van der Waals surface area contributed by atoms with E-state index in [1.54, 1.807) is 17.9 Å². The van der Waals surface area contributed by atoms with Crippen molar-refractivity contribution in [2.45, 2.75) is 32.2 Å². The van der Waals surface area contributed by atoms with Crippen LogP contribution in [0.3, 0.4) is 0 Å². The molecule has 0 aliphatic carbocycles. The number of carbonyl (C=O) groups excluding carboxylic acids is 2. The first-order valence-electron chi connectivity index (χ1n) is 9.25. The molecular formula is C20H23F2N3O3. The minimum atomic E-state index is -0.622. The Labute approximate surface area is 161 Å². The lowest BCUT2D eigenvalue weighted by molar-refractivity contribution is 0.0916. The number of nitrogens with zero attached hydrogens (tertiary/aromatic N) is 1. The van der Waals surface area contributed by atoms with Gasteiger partial charge in [-0.15, -0.1) is 0 Å². The Morgan fingerprint density at radius 3 is 2.61 bits per heavy atom. The third-order valence-corrected chi connectivity index (χ3v) is 4.91. The van der Waals surface area contributed by atoms with E-state index in [9.17, 15) is 18.4 Å². The molecule has 0 radical (unpaired) electrons. The molecule has 1 aliphatic heterocycles. The van der Waals surface area contributed by atoms with Crippen LogP contribution in [-0.4, -0.2) is 42.5 Å². The maximum Gasteiger partial charge on any atom is 0.317 e. The molecule has 2 heterocycles. The van der Waals surface area contributed by atoms with Crippen molar-refractivity contribution in [1.82, 2.24) is 15.5 Å². The van der Waals surface area contributed by atoms with Crippen molar-refractivity contribution in [2.24, 2.45) is 0 Å². The van der Waals surface area contributed by atoms with Crippen molar-refractivity contribution in [2.75, 3.05) is 19.6 Å². The molecular weight excluding hydrogens is 368 g/mol. The molecule has 28 heavy (non-hydrogen) atoms. The van der Waals surface area contributed by atoms with E-state index >= 15 is 0 Å². The Morgan fingerprint density at radius 1 is 1.21 bits per heavy atom. The third kappa shape index (κ3) is 4.88. The zero-order valence-electron chi connectivity index (χ0n) is 15.6. The molecule has 1 aromatic carbocycles. The van der Waals surface area contributed by atoms with Crippen molar-refractivity contribution < 1.29 is 22.8 Å². The summed E-state index contributed by atoms with van der Waals surface area (Å²) in [5, 5.41) is 5.72. The van der Waals surface area contributed by atoms with Crippen molar-refractivity contribution in [3.8, 4) is 0 Å². The van der Waals surface area contributed by atoms with Crippen LogP contribution in [-0.2, 0) is 6.42 Å². The molecule has 0 unspecified atom stereocenters. The molecule has 8 heteroatoms. The molecule has 1 saturated heterocycles. The van der Waals surface area contributed by atoms with E-state index in [0.717, 1.165) is 6.07 Å². The van der Waals surface area contributed by atoms with Gasteiger partial charge in [-0.05, 0) is 43.9 Å². The summed E-state index contributed by atoms with van der Waals surface area (Å²) in [6, 6.07) is 4.83. The molecule has 0 atom stereocenters. The van der Waals surface area contributed by atoms with Crippen LogP contribution in [0.5, 0.6) is 0 Å². The Hall–Kier alpha value is -2.90. The average Bonchev–Trinajstić information content (AvgIpc) is 3.10. The second-order valence-electron chi connectivity index (χ2n) is 6.84.